The number of anilines is 1. The summed E-state index contributed by atoms with van der Waals surface area (Å²) in [6.45, 7) is 1.55. The highest BCUT2D eigenvalue weighted by Crippen LogP contribution is 2.18. The van der Waals surface area contributed by atoms with Gasteiger partial charge in [0, 0.05) is 25.1 Å². The molecule has 0 aliphatic carbocycles. The van der Waals surface area contributed by atoms with Crippen LogP contribution < -0.4 is 11.2 Å². The number of hydrogen-bond donors (Lipinski definition) is 1. The first kappa shape index (κ1) is 9.27. The molecule has 1 aromatic rings. The Kier molecular flexibility index (Phi) is 2.54. The van der Waals surface area contributed by atoms with E-state index in [0.717, 1.165) is 19.4 Å². The molecule has 1 saturated heterocycles. The third-order valence-corrected chi connectivity index (χ3v) is 2.53. The molecule has 76 valence electrons. The fraction of sp³-hybridized carbons (Fsp3) is 0.500. The van der Waals surface area contributed by atoms with Crippen LogP contribution in [0.3, 0.4) is 0 Å². The molecule has 0 aromatic carbocycles. The molecule has 0 spiro atoms. The molecule has 1 unspecified atom stereocenters. The van der Waals surface area contributed by atoms with E-state index in [1.54, 1.807) is 12.4 Å². The van der Waals surface area contributed by atoms with Crippen LogP contribution in [-0.2, 0) is 4.74 Å². The van der Waals surface area contributed by atoms with Crippen molar-refractivity contribution in [1.82, 2.24) is 4.57 Å². The van der Waals surface area contributed by atoms with Gasteiger partial charge in [0.1, 0.15) is 0 Å². The molecule has 1 aliphatic rings. The molecular formula is C10H14N2O2. The van der Waals surface area contributed by atoms with E-state index in [0.29, 0.717) is 18.3 Å². The van der Waals surface area contributed by atoms with Gasteiger partial charge in [0.25, 0.3) is 0 Å². The highest BCUT2D eigenvalue weighted by atomic mass is 16.5. The summed E-state index contributed by atoms with van der Waals surface area (Å²) >= 11 is 0. The van der Waals surface area contributed by atoms with Crippen molar-refractivity contribution >= 4 is 5.69 Å². The SMILES string of the molecule is Nc1cn(C2CCCOC2)ccc1=O. The molecule has 4 nitrogen and oxygen atoms in total. The first-order valence-corrected chi connectivity index (χ1v) is 4.82. The van der Waals surface area contributed by atoms with Crippen LogP contribution in [0.15, 0.2) is 23.3 Å². The van der Waals surface area contributed by atoms with Gasteiger partial charge in [-0.3, -0.25) is 4.79 Å². The van der Waals surface area contributed by atoms with Gasteiger partial charge in [-0.1, -0.05) is 0 Å². The zero-order chi connectivity index (χ0) is 9.97. The molecule has 2 heterocycles. The minimum Gasteiger partial charge on any atom is -0.394 e. The van der Waals surface area contributed by atoms with Crippen molar-refractivity contribution in [3.8, 4) is 0 Å². The van der Waals surface area contributed by atoms with Gasteiger partial charge >= 0.3 is 0 Å². The Bertz CT molecular complexity index is 367. The summed E-state index contributed by atoms with van der Waals surface area (Å²) in [4.78, 5) is 11.1. The average molecular weight is 194 g/mol. The maximum atomic E-state index is 11.1. The maximum Gasteiger partial charge on any atom is 0.204 e. The van der Waals surface area contributed by atoms with E-state index in [4.69, 9.17) is 10.5 Å². The lowest BCUT2D eigenvalue weighted by atomic mass is 10.1. The van der Waals surface area contributed by atoms with Crippen LogP contribution in [0.5, 0.6) is 0 Å². The maximum absolute atomic E-state index is 11.1. The van der Waals surface area contributed by atoms with Gasteiger partial charge in [0.15, 0.2) is 0 Å². The van der Waals surface area contributed by atoms with E-state index < -0.39 is 0 Å². The normalized spacial score (nSPS) is 22.1. The van der Waals surface area contributed by atoms with E-state index in [2.05, 4.69) is 0 Å². The lowest BCUT2D eigenvalue weighted by Gasteiger charge is -2.24. The first-order chi connectivity index (χ1) is 6.77. The van der Waals surface area contributed by atoms with Gasteiger partial charge in [-0.2, -0.15) is 0 Å². The van der Waals surface area contributed by atoms with Crippen molar-refractivity contribution in [2.24, 2.45) is 0 Å². The Hall–Kier alpha value is -1.29. The van der Waals surface area contributed by atoms with Gasteiger partial charge in [-0.15, -0.1) is 0 Å². The van der Waals surface area contributed by atoms with E-state index in [1.807, 2.05) is 4.57 Å². The molecule has 0 bridgehead atoms. The number of nitrogens with zero attached hydrogens (tertiary/aromatic N) is 1. The van der Waals surface area contributed by atoms with Crippen molar-refractivity contribution in [2.45, 2.75) is 18.9 Å². The smallest absolute Gasteiger partial charge is 0.204 e. The van der Waals surface area contributed by atoms with Crippen LogP contribution in [0.2, 0.25) is 0 Å². The molecule has 2 rings (SSSR count). The van der Waals surface area contributed by atoms with Gasteiger partial charge in [0.05, 0.1) is 18.3 Å². The van der Waals surface area contributed by atoms with Crippen molar-refractivity contribution < 1.29 is 4.74 Å². The summed E-state index contributed by atoms with van der Waals surface area (Å²) in [5.74, 6) is 0. The van der Waals surface area contributed by atoms with Crippen LogP contribution in [0.1, 0.15) is 18.9 Å². The summed E-state index contributed by atoms with van der Waals surface area (Å²) < 4.78 is 7.33. The van der Waals surface area contributed by atoms with Crippen molar-refractivity contribution in [3.63, 3.8) is 0 Å². The lowest BCUT2D eigenvalue weighted by Crippen LogP contribution is -2.22. The minimum absolute atomic E-state index is 0.113. The zero-order valence-corrected chi connectivity index (χ0v) is 7.98. The van der Waals surface area contributed by atoms with Gasteiger partial charge < -0.3 is 15.0 Å². The van der Waals surface area contributed by atoms with Crippen molar-refractivity contribution in [1.29, 1.82) is 0 Å². The van der Waals surface area contributed by atoms with Gasteiger partial charge in [0.2, 0.25) is 5.43 Å². The van der Waals surface area contributed by atoms with Crippen LogP contribution in [-0.4, -0.2) is 17.8 Å². The molecule has 1 fully saturated rings. The van der Waals surface area contributed by atoms with Gasteiger partial charge in [-0.25, -0.2) is 0 Å². The van der Waals surface area contributed by atoms with E-state index in [-0.39, 0.29) is 5.43 Å². The van der Waals surface area contributed by atoms with E-state index in [1.165, 1.54) is 6.07 Å². The number of nitrogen functional groups attached to an aromatic ring is 1. The fourth-order valence-electron chi connectivity index (χ4n) is 1.70. The Balaban J connectivity index is 2.22. The van der Waals surface area contributed by atoms with Crippen LogP contribution in [0.4, 0.5) is 5.69 Å². The predicted molar refractivity (Wildman–Crippen MR) is 54.2 cm³/mol. The number of rotatable bonds is 1. The molecule has 2 N–H and O–H groups in total. The van der Waals surface area contributed by atoms with Crippen LogP contribution in [0, 0.1) is 0 Å². The van der Waals surface area contributed by atoms with Crippen LogP contribution >= 0.6 is 0 Å². The van der Waals surface area contributed by atoms with E-state index >= 15 is 0 Å². The van der Waals surface area contributed by atoms with Gasteiger partial charge in [-0.05, 0) is 12.8 Å². The molecule has 1 aromatic heterocycles. The molecule has 1 atom stereocenters. The summed E-state index contributed by atoms with van der Waals surface area (Å²) in [6, 6.07) is 1.83. The first-order valence-electron chi connectivity index (χ1n) is 4.82. The Morgan fingerprint density at radius 2 is 2.43 bits per heavy atom. The highest BCUT2D eigenvalue weighted by Gasteiger charge is 2.14. The Labute approximate surface area is 82.3 Å². The molecule has 14 heavy (non-hydrogen) atoms. The summed E-state index contributed by atoms with van der Waals surface area (Å²) in [5, 5.41) is 0. The Morgan fingerprint density at radius 1 is 1.57 bits per heavy atom. The number of ether oxygens (including phenoxy) is 1. The summed E-state index contributed by atoms with van der Waals surface area (Å²) in [7, 11) is 0. The second-order valence-electron chi connectivity index (χ2n) is 3.58. The topological polar surface area (TPSA) is 57.2 Å². The number of pyridine rings is 1. The number of aromatic nitrogens is 1. The third kappa shape index (κ3) is 1.80. The standard InChI is InChI=1S/C10H14N2O2/c11-9-6-12(4-3-10(9)13)8-2-1-5-14-7-8/h3-4,6,8H,1-2,5,7,11H2. The van der Waals surface area contributed by atoms with Crippen molar-refractivity contribution in [3.05, 3.63) is 28.7 Å². The summed E-state index contributed by atoms with van der Waals surface area (Å²) in [5.41, 5.74) is 5.74. The number of nitrogens with two attached hydrogens (primary N) is 1. The van der Waals surface area contributed by atoms with Crippen molar-refractivity contribution in [2.75, 3.05) is 18.9 Å². The molecule has 0 amide bonds. The quantitative estimate of drug-likeness (QED) is 0.718. The highest BCUT2D eigenvalue weighted by molar-refractivity contribution is 5.33. The largest absolute Gasteiger partial charge is 0.394 e. The monoisotopic (exact) mass is 194 g/mol. The zero-order valence-electron chi connectivity index (χ0n) is 7.98. The third-order valence-electron chi connectivity index (χ3n) is 2.53. The molecule has 4 heteroatoms. The lowest BCUT2D eigenvalue weighted by molar-refractivity contribution is 0.0590. The molecule has 0 radical (unpaired) electrons. The van der Waals surface area contributed by atoms with E-state index in [9.17, 15) is 4.79 Å². The summed E-state index contributed by atoms with van der Waals surface area (Å²) in [6.07, 6.45) is 5.62. The minimum atomic E-state index is -0.113. The fourth-order valence-corrected chi connectivity index (χ4v) is 1.70. The average Bonchev–Trinajstić information content (AvgIpc) is 2.23. The number of hydrogen-bond acceptors (Lipinski definition) is 3. The second-order valence-corrected chi connectivity index (χ2v) is 3.58. The Morgan fingerprint density at radius 3 is 3.07 bits per heavy atom. The second kappa shape index (κ2) is 3.84. The molecular weight excluding hydrogens is 180 g/mol. The molecule has 1 aliphatic heterocycles. The molecule has 0 saturated carbocycles. The van der Waals surface area contributed by atoms with Crippen LogP contribution in [0.25, 0.3) is 0 Å². The predicted octanol–water partition coefficient (Wildman–Crippen LogP) is 0.782.